The van der Waals surface area contributed by atoms with Gasteiger partial charge in [0.05, 0.1) is 9.81 Å². The maximum atomic E-state index is 12.9. The molecule has 0 aliphatic carbocycles. The van der Waals surface area contributed by atoms with Gasteiger partial charge < -0.3 is 10.2 Å². The van der Waals surface area contributed by atoms with E-state index in [4.69, 9.17) is 24.4 Å². The molecule has 1 N–H and O–H groups in total. The Kier molecular flexibility index (Phi) is 10.6. The van der Waals surface area contributed by atoms with Crippen molar-refractivity contribution in [1.82, 2.24) is 24.9 Å². The van der Waals surface area contributed by atoms with E-state index in [1.807, 2.05) is 47.2 Å². The number of hydrogen-bond acceptors (Lipinski definition) is 11. The molecule has 0 aromatic carbocycles. The summed E-state index contributed by atoms with van der Waals surface area (Å²) in [5, 5.41) is 6.81. The Morgan fingerprint density at radius 2 is 1.40 bits per heavy atom. The van der Waals surface area contributed by atoms with E-state index >= 15 is 0 Å². The lowest BCUT2D eigenvalue weighted by Crippen LogP contribution is -2.52. The quantitative estimate of drug-likeness (QED) is 0.300. The number of nitrogens with one attached hydrogen (secondary N) is 1. The van der Waals surface area contributed by atoms with E-state index in [1.165, 1.54) is 44.7 Å². The summed E-state index contributed by atoms with van der Waals surface area (Å²) in [5.74, 6) is -0.663. The maximum Gasteiger partial charge on any atom is 0.266 e. The summed E-state index contributed by atoms with van der Waals surface area (Å²) in [4.78, 5) is 60.8. The molecule has 0 atom stereocenters. The van der Waals surface area contributed by atoms with Gasteiger partial charge in [0.1, 0.15) is 15.2 Å². The first-order chi connectivity index (χ1) is 20.3. The highest BCUT2D eigenvalue weighted by Crippen LogP contribution is 2.34. The summed E-state index contributed by atoms with van der Waals surface area (Å²) in [5.41, 5.74) is 0. The number of amides is 4. The van der Waals surface area contributed by atoms with Gasteiger partial charge in [0, 0.05) is 62.0 Å². The fourth-order valence-electron chi connectivity index (χ4n) is 4.45. The first-order valence-electron chi connectivity index (χ1n) is 13.1. The summed E-state index contributed by atoms with van der Waals surface area (Å²) in [6.45, 7) is 3.73. The average molecular weight is 678 g/mol. The number of thiocarbonyl (C=S) groups is 2. The molecule has 3 saturated heterocycles. The highest BCUT2D eigenvalue weighted by molar-refractivity contribution is 8.27. The van der Waals surface area contributed by atoms with Gasteiger partial charge >= 0.3 is 0 Å². The number of nitrogens with zero attached hydrogens (tertiary/aromatic N) is 4. The van der Waals surface area contributed by atoms with Gasteiger partial charge in [-0.1, -0.05) is 60.1 Å². The summed E-state index contributed by atoms with van der Waals surface area (Å²) < 4.78 is 0.864. The van der Waals surface area contributed by atoms with Crippen molar-refractivity contribution in [3.05, 3.63) is 54.6 Å². The number of thiophene rings is 2. The zero-order valence-corrected chi connectivity index (χ0v) is 27.3. The van der Waals surface area contributed by atoms with Crippen LogP contribution in [-0.4, -0.2) is 104 Å². The van der Waals surface area contributed by atoms with Crippen molar-refractivity contribution in [2.45, 2.75) is 6.42 Å². The van der Waals surface area contributed by atoms with Crippen LogP contribution >= 0.6 is 70.6 Å². The Morgan fingerprint density at radius 1 is 0.833 bits per heavy atom. The SMILES string of the molecule is O=C(CCN1C(=O)C(=Cc2cccs2)SC1=S)NCCN1CCN(C(=O)CN2C(=O)C(=Cc3cccs3)SC2=S)CC1. The Labute approximate surface area is 271 Å². The molecule has 3 aliphatic heterocycles. The molecule has 0 saturated carbocycles. The molecule has 9 nitrogen and oxygen atoms in total. The maximum absolute atomic E-state index is 12.9. The van der Waals surface area contributed by atoms with Crippen molar-refractivity contribution in [3.63, 3.8) is 0 Å². The van der Waals surface area contributed by atoms with Crippen LogP contribution in [0.15, 0.2) is 44.8 Å². The minimum atomic E-state index is -0.230. The van der Waals surface area contributed by atoms with Crippen LogP contribution in [0.4, 0.5) is 0 Å². The van der Waals surface area contributed by atoms with Crippen molar-refractivity contribution < 1.29 is 19.2 Å². The molecule has 220 valence electrons. The van der Waals surface area contributed by atoms with Crippen LogP contribution in [0.3, 0.4) is 0 Å². The Hall–Kier alpha value is -2.40. The molecule has 0 spiro atoms. The van der Waals surface area contributed by atoms with Gasteiger partial charge in [-0.15, -0.1) is 22.7 Å². The highest BCUT2D eigenvalue weighted by Gasteiger charge is 2.35. The van der Waals surface area contributed by atoms with E-state index in [2.05, 4.69) is 10.2 Å². The second-order valence-electron chi connectivity index (χ2n) is 9.45. The third kappa shape index (κ3) is 7.75. The molecule has 3 aliphatic rings. The molecule has 2 aromatic heterocycles. The predicted molar refractivity (Wildman–Crippen MR) is 179 cm³/mol. The summed E-state index contributed by atoms with van der Waals surface area (Å²) in [6, 6.07) is 7.72. The third-order valence-corrected chi connectivity index (χ3v) is 11.1. The number of carbonyl (C=O) groups is 4. The topological polar surface area (TPSA) is 93.3 Å². The summed E-state index contributed by atoms with van der Waals surface area (Å²) in [7, 11) is 0. The molecule has 15 heteroatoms. The van der Waals surface area contributed by atoms with Crippen molar-refractivity contribution in [2.75, 3.05) is 52.4 Å². The number of thioether (sulfide) groups is 2. The first kappa shape index (κ1) is 31.0. The molecule has 2 aromatic rings. The third-order valence-electron chi connectivity index (χ3n) is 6.71. The van der Waals surface area contributed by atoms with E-state index in [9.17, 15) is 19.2 Å². The van der Waals surface area contributed by atoms with Crippen molar-refractivity contribution in [2.24, 2.45) is 0 Å². The van der Waals surface area contributed by atoms with Crippen molar-refractivity contribution in [1.29, 1.82) is 0 Å². The Bertz CT molecular complexity index is 1430. The number of piperazine rings is 1. The smallest absolute Gasteiger partial charge is 0.266 e. The van der Waals surface area contributed by atoms with Gasteiger partial charge in [0.15, 0.2) is 0 Å². The van der Waals surface area contributed by atoms with E-state index in [0.29, 0.717) is 57.7 Å². The van der Waals surface area contributed by atoms with Gasteiger partial charge in [-0.3, -0.25) is 33.9 Å². The van der Waals surface area contributed by atoms with Crippen molar-refractivity contribution in [3.8, 4) is 0 Å². The second kappa shape index (κ2) is 14.4. The molecule has 0 radical (unpaired) electrons. The van der Waals surface area contributed by atoms with Gasteiger partial charge in [-0.25, -0.2) is 0 Å². The standard InChI is InChI=1S/C27H27N5O4S6/c33-22(5-7-31-24(35)20(41-26(31)37)15-18-3-1-13-39-18)28-6-8-29-9-11-30(12-10-29)23(34)17-32-25(36)21(42-27(32)38)16-19-4-2-14-40-19/h1-4,13-16H,5-12,17H2,(H,28,33). The predicted octanol–water partition coefficient (Wildman–Crippen LogP) is 3.56. The van der Waals surface area contributed by atoms with Crippen LogP contribution in [0.1, 0.15) is 16.2 Å². The molecule has 4 amide bonds. The van der Waals surface area contributed by atoms with Gasteiger partial charge in [-0.2, -0.15) is 0 Å². The van der Waals surface area contributed by atoms with Gasteiger partial charge in [-0.05, 0) is 35.0 Å². The minimum absolute atomic E-state index is 0.0602. The zero-order chi connectivity index (χ0) is 29.6. The number of carbonyl (C=O) groups excluding carboxylic acids is 4. The molecule has 3 fully saturated rings. The summed E-state index contributed by atoms with van der Waals surface area (Å²) >= 11 is 16.3. The molecule has 0 unspecified atom stereocenters. The lowest BCUT2D eigenvalue weighted by atomic mass is 10.3. The van der Waals surface area contributed by atoms with Crippen LogP contribution in [0.5, 0.6) is 0 Å². The average Bonchev–Trinajstić information content (AvgIpc) is 3.77. The molecule has 0 bridgehead atoms. The van der Waals surface area contributed by atoms with Crippen LogP contribution in [0, 0.1) is 0 Å². The monoisotopic (exact) mass is 677 g/mol. The fraction of sp³-hybridized carbons (Fsp3) is 0.333. The van der Waals surface area contributed by atoms with Crippen molar-refractivity contribution >= 4 is 115 Å². The number of hydrogen-bond donors (Lipinski definition) is 1. The van der Waals surface area contributed by atoms with Crippen LogP contribution in [0.25, 0.3) is 12.2 Å². The summed E-state index contributed by atoms with van der Waals surface area (Å²) in [6.07, 6.45) is 3.81. The largest absolute Gasteiger partial charge is 0.355 e. The molecule has 5 heterocycles. The number of rotatable bonds is 10. The highest BCUT2D eigenvalue weighted by atomic mass is 32.2. The van der Waals surface area contributed by atoms with Crippen LogP contribution in [0.2, 0.25) is 0 Å². The van der Waals surface area contributed by atoms with E-state index < -0.39 is 0 Å². The van der Waals surface area contributed by atoms with Gasteiger partial charge in [0.25, 0.3) is 11.8 Å². The minimum Gasteiger partial charge on any atom is -0.355 e. The van der Waals surface area contributed by atoms with E-state index in [1.54, 1.807) is 16.2 Å². The van der Waals surface area contributed by atoms with Crippen LogP contribution in [-0.2, 0) is 19.2 Å². The fourth-order valence-corrected chi connectivity index (χ4v) is 8.45. The van der Waals surface area contributed by atoms with E-state index in [0.717, 1.165) is 9.75 Å². The lowest BCUT2D eigenvalue weighted by Gasteiger charge is -2.35. The molecule has 42 heavy (non-hydrogen) atoms. The van der Waals surface area contributed by atoms with Gasteiger partial charge in [0.2, 0.25) is 11.8 Å². The molecule has 5 rings (SSSR count). The van der Waals surface area contributed by atoms with Crippen LogP contribution < -0.4 is 5.32 Å². The molecular weight excluding hydrogens is 651 g/mol. The molecular formula is C27H27N5O4S6. The normalized spacial score (nSPS) is 20.0. The first-order valence-corrected chi connectivity index (χ1v) is 17.3. The Balaban J connectivity index is 0.989. The lowest BCUT2D eigenvalue weighted by molar-refractivity contribution is -0.136. The Morgan fingerprint density at radius 3 is 1.98 bits per heavy atom. The zero-order valence-electron chi connectivity index (χ0n) is 22.4. The van der Waals surface area contributed by atoms with E-state index in [-0.39, 0.29) is 43.1 Å². The second-order valence-corrected chi connectivity index (χ2v) is 14.8.